The van der Waals surface area contributed by atoms with Crippen molar-refractivity contribution in [2.45, 2.75) is 32.7 Å². The minimum Gasteiger partial charge on any atom is -0.466 e. The Morgan fingerprint density at radius 2 is 2.04 bits per heavy atom. The standard InChI is InChI=1S/C23H27N3O2/c1-3-28-23(27)17-10-13-26(14-11-17)22(18-7-6-12-24-15-18)21-16(2)25-20-9-5-4-8-19(20)21/h4-9,12,15,17,22,25H,3,10-11,13-14H2,1-2H3/t22-/m1/s1. The number of piperidine rings is 1. The van der Waals surface area contributed by atoms with Crippen molar-refractivity contribution in [2.75, 3.05) is 19.7 Å². The van der Waals surface area contributed by atoms with Crippen LogP contribution in [0.2, 0.25) is 0 Å². The van der Waals surface area contributed by atoms with Crippen LogP contribution in [0.4, 0.5) is 0 Å². The molecule has 1 saturated heterocycles. The van der Waals surface area contributed by atoms with Gasteiger partial charge in [0.05, 0.1) is 18.6 Å². The minimum atomic E-state index is -0.0525. The third kappa shape index (κ3) is 3.54. The Labute approximate surface area is 165 Å². The van der Waals surface area contributed by atoms with Crippen molar-refractivity contribution in [3.63, 3.8) is 0 Å². The van der Waals surface area contributed by atoms with Gasteiger partial charge in [-0.2, -0.15) is 0 Å². The number of aryl methyl sites for hydroxylation is 1. The molecule has 0 amide bonds. The number of hydrogen-bond donors (Lipinski definition) is 1. The van der Waals surface area contributed by atoms with Crippen LogP contribution in [0.25, 0.3) is 10.9 Å². The lowest BCUT2D eigenvalue weighted by molar-refractivity contribution is -0.149. The number of para-hydroxylation sites is 1. The van der Waals surface area contributed by atoms with E-state index in [1.165, 1.54) is 22.2 Å². The van der Waals surface area contributed by atoms with E-state index in [1.54, 1.807) is 0 Å². The molecule has 1 aliphatic heterocycles. The van der Waals surface area contributed by atoms with E-state index < -0.39 is 0 Å². The number of esters is 1. The van der Waals surface area contributed by atoms with Crippen LogP contribution < -0.4 is 0 Å². The Bertz CT molecular complexity index is 943. The second-order valence-electron chi connectivity index (χ2n) is 7.46. The molecule has 1 aliphatic rings. The van der Waals surface area contributed by atoms with E-state index in [0.717, 1.165) is 31.4 Å². The normalized spacial score (nSPS) is 16.9. The summed E-state index contributed by atoms with van der Waals surface area (Å²) in [5.74, 6) is -0.0434. The summed E-state index contributed by atoms with van der Waals surface area (Å²) in [6.07, 6.45) is 5.44. The first-order valence-electron chi connectivity index (χ1n) is 10.1. The number of rotatable bonds is 5. The Kier molecular flexibility index (Phi) is 5.44. The number of carbonyl (C=O) groups is 1. The zero-order valence-corrected chi connectivity index (χ0v) is 16.5. The molecule has 0 unspecified atom stereocenters. The van der Waals surface area contributed by atoms with Crippen LogP contribution in [0, 0.1) is 12.8 Å². The highest BCUT2D eigenvalue weighted by Gasteiger charge is 2.32. The molecule has 1 N–H and O–H groups in total. The van der Waals surface area contributed by atoms with Crippen molar-refractivity contribution >= 4 is 16.9 Å². The van der Waals surface area contributed by atoms with Crippen molar-refractivity contribution in [2.24, 2.45) is 5.92 Å². The predicted molar refractivity (Wildman–Crippen MR) is 110 cm³/mol. The number of fused-ring (bicyclic) bond motifs is 1. The van der Waals surface area contributed by atoms with Gasteiger partial charge in [0, 0.05) is 34.6 Å². The number of pyridine rings is 1. The highest BCUT2D eigenvalue weighted by molar-refractivity contribution is 5.85. The number of benzene rings is 1. The van der Waals surface area contributed by atoms with Crippen LogP contribution in [0.3, 0.4) is 0 Å². The maximum Gasteiger partial charge on any atom is 0.309 e. The number of nitrogens with one attached hydrogen (secondary N) is 1. The van der Waals surface area contributed by atoms with E-state index >= 15 is 0 Å². The van der Waals surface area contributed by atoms with Crippen LogP contribution in [0.15, 0.2) is 48.8 Å². The molecule has 0 bridgehead atoms. The first-order valence-corrected chi connectivity index (χ1v) is 10.1. The summed E-state index contributed by atoms with van der Waals surface area (Å²) in [6, 6.07) is 12.7. The number of likely N-dealkylation sites (tertiary alicyclic amines) is 1. The van der Waals surface area contributed by atoms with Gasteiger partial charge in [0.25, 0.3) is 0 Å². The second kappa shape index (κ2) is 8.15. The molecule has 4 rings (SSSR count). The zero-order valence-electron chi connectivity index (χ0n) is 16.5. The number of aromatic nitrogens is 2. The Morgan fingerprint density at radius 1 is 1.25 bits per heavy atom. The second-order valence-corrected chi connectivity index (χ2v) is 7.46. The van der Waals surface area contributed by atoms with Gasteiger partial charge in [-0.3, -0.25) is 14.7 Å². The fraction of sp³-hybridized carbons (Fsp3) is 0.391. The fourth-order valence-corrected chi connectivity index (χ4v) is 4.40. The van der Waals surface area contributed by atoms with E-state index in [1.807, 2.05) is 25.4 Å². The summed E-state index contributed by atoms with van der Waals surface area (Å²) in [5, 5.41) is 1.25. The molecule has 3 heterocycles. The van der Waals surface area contributed by atoms with E-state index in [2.05, 4.69) is 52.1 Å². The molecule has 5 nitrogen and oxygen atoms in total. The van der Waals surface area contributed by atoms with Crippen LogP contribution in [0.1, 0.15) is 42.6 Å². The van der Waals surface area contributed by atoms with E-state index in [9.17, 15) is 4.79 Å². The first kappa shape index (κ1) is 18.7. The smallest absolute Gasteiger partial charge is 0.309 e. The number of H-pyrrole nitrogens is 1. The Balaban J connectivity index is 1.68. The summed E-state index contributed by atoms with van der Waals surface area (Å²) in [7, 11) is 0. The number of nitrogens with zero attached hydrogens (tertiary/aromatic N) is 2. The number of aromatic amines is 1. The summed E-state index contributed by atoms with van der Waals surface area (Å²) in [5.41, 5.74) is 4.83. The third-order valence-corrected chi connectivity index (χ3v) is 5.73. The molecule has 1 aromatic carbocycles. The van der Waals surface area contributed by atoms with Gasteiger partial charge in [0.1, 0.15) is 0 Å². The minimum absolute atomic E-state index is 0.00909. The fourth-order valence-electron chi connectivity index (χ4n) is 4.40. The maximum absolute atomic E-state index is 12.1. The molecule has 2 aromatic heterocycles. The molecule has 146 valence electrons. The number of carbonyl (C=O) groups excluding carboxylic acids is 1. The lowest BCUT2D eigenvalue weighted by atomic mass is 9.90. The summed E-state index contributed by atoms with van der Waals surface area (Å²) < 4.78 is 5.24. The van der Waals surface area contributed by atoms with E-state index in [-0.39, 0.29) is 17.9 Å². The molecule has 1 atom stereocenters. The monoisotopic (exact) mass is 377 g/mol. The van der Waals surface area contributed by atoms with Crippen LogP contribution >= 0.6 is 0 Å². The van der Waals surface area contributed by atoms with Crippen LogP contribution in [-0.4, -0.2) is 40.5 Å². The van der Waals surface area contributed by atoms with Gasteiger partial charge in [-0.1, -0.05) is 24.3 Å². The van der Waals surface area contributed by atoms with Crippen LogP contribution in [-0.2, 0) is 9.53 Å². The summed E-state index contributed by atoms with van der Waals surface area (Å²) in [4.78, 5) is 22.5. The van der Waals surface area contributed by atoms with Gasteiger partial charge in [-0.05, 0) is 57.5 Å². The van der Waals surface area contributed by atoms with Gasteiger partial charge in [-0.15, -0.1) is 0 Å². The highest BCUT2D eigenvalue weighted by atomic mass is 16.5. The predicted octanol–water partition coefficient (Wildman–Crippen LogP) is 4.24. The summed E-state index contributed by atoms with van der Waals surface area (Å²) >= 11 is 0. The average Bonchev–Trinajstić information content (AvgIpc) is 3.06. The quantitative estimate of drug-likeness (QED) is 0.676. The highest BCUT2D eigenvalue weighted by Crippen LogP contribution is 2.38. The molecular weight excluding hydrogens is 350 g/mol. The Hall–Kier alpha value is -2.66. The topological polar surface area (TPSA) is 58.2 Å². The SMILES string of the molecule is CCOC(=O)C1CCN([C@H](c2cccnc2)c2c(C)[nH]c3ccccc23)CC1. The largest absolute Gasteiger partial charge is 0.466 e. The van der Waals surface area contributed by atoms with Gasteiger partial charge < -0.3 is 9.72 Å². The van der Waals surface area contributed by atoms with E-state index in [4.69, 9.17) is 4.74 Å². The third-order valence-electron chi connectivity index (χ3n) is 5.73. The number of hydrogen-bond acceptors (Lipinski definition) is 4. The van der Waals surface area contributed by atoms with Crippen molar-refractivity contribution in [1.82, 2.24) is 14.9 Å². The van der Waals surface area contributed by atoms with Gasteiger partial charge in [0.2, 0.25) is 0 Å². The molecule has 3 aromatic rings. The van der Waals surface area contributed by atoms with Gasteiger partial charge in [-0.25, -0.2) is 0 Å². The molecule has 0 spiro atoms. The molecule has 0 radical (unpaired) electrons. The van der Waals surface area contributed by atoms with Crippen molar-refractivity contribution in [1.29, 1.82) is 0 Å². The van der Waals surface area contributed by atoms with E-state index in [0.29, 0.717) is 6.61 Å². The lowest BCUT2D eigenvalue weighted by Crippen LogP contribution is -2.39. The zero-order chi connectivity index (χ0) is 19.5. The summed E-state index contributed by atoms with van der Waals surface area (Å²) in [6.45, 7) is 6.19. The van der Waals surface area contributed by atoms with Crippen LogP contribution in [0.5, 0.6) is 0 Å². The molecule has 0 aliphatic carbocycles. The Morgan fingerprint density at radius 3 is 2.75 bits per heavy atom. The molecular formula is C23H27N3O2. The average molecular weight is 377 g/mol. The molecule has 5 heteroatoms. The maximum atomic E-state index is 12.1. The van der Waals surface area contributed by atoms with Crippen molar-refractivity contribution < 1.29 is 9.53 Å². The lowest BCUT2D eigenvalue weighted by Gasteiger charge is -2.37. The van der Waals surface area contributed by atoms with Crippen molar-refractivity contribution in [3.8, 4) is 0 Å². The molecule has 28 heavy (non-hydrogen) atoms. The van der Waals surface area contributed by atoms with Gasteiger partial charge >= 0.3 is 5.97 Å². The molecule has 0 saturated carbocycles. The van der Waals surface area contributed by atoms with Crippen molar-refractivity contribution in [3.05, 3.63) is 65.6 Å². The van der Waals surface area contributed by atoms with Gasteiger partial charge in [0.15, 0.2) is 0 Å². The molecule has 1 fully saturated rings. The first-order chi connectivity index (χ1) is 13.7. The number of ether oxygens (including phenoxy) is 1.